The van der Waals surface area contributed by atoms with Crippen LogP contribution in [0.3, 0.4) is 0 Å². The van der Waals surface area contributed by atoms with Crippen LogP contribution in [0.15, 0.2) is 36.0 Å². The van der Waals surface area contributed by atoms with Crippen LogP contribution in [0, 0.1) is 0 Å². The average Bonchev–Trinajstić information content (AvgIpc) is 3.23. The normalized spacial score (nSPS) is 13.7. The van der Waals surface area contributed by atoms with Crippen LogP contribution in [-0.4, -0.2) is 51.7 Å². The van der Waals surface area contributed by atoms with Gasteiger partial charge in [0.25, 0.3) is 0 Å². The Kier molecular flexibility index (Phi) is 8.21. The molecule has 1 aromatic heterocycles. The number of rotatable bonds is 6. The Labute approximate surface area is 178 Å². The maximum atomic E-state index is 11.9. The van der Waals surface area contributed by atoms with Crippen LogP contribution >= 0.6 is 0 Å². The molecule has 2 heterocycles. The second-order valence-corrected chi connectivity index (χ2v) is 7.12. The minimum Gasteiger partial charge on any atom is -0.507 e. The Hall–Kier alpha value is -3.09. The quantitative estimate of drug-likeness (QED) is 0.721. The molecule has 0 aliphatic carbocycles. The van der Waals surface area contributed by atoms with Crippen LogP contribution in [0.5, 0.6) is 11.5 Å². The molecule has 1 aliphatic rings. The van der Waals surface area contributed by atoms with Gasteiger partial charge in [-0.2, -0.15) is 5.10 Å². The van der Waals surface area contributed by atoms with E-state index >= 15 is 0 Å². The number of hydrogen-bond acceptors (Lipinski definition) is 5. The van der Waals surface area contributed by atoms with E-state index in [4.69, 9.17) is 4.74 Å². The van der Waals surface area contributed by atoms with Gasteiger partial charge in [-0.15, -0.1) is 0 Å². The van der Waals surface area contributed by atoms with E-state index < -0.39 is 0 Å². The molecule has 0 unspecified atom stereocenters. The number of carbonyl (C=O) groups excluding carboxylic acids is 2. The van der Waals surface area contributed by atoms with Crippen LogP contribution in [0.1, 0.15) is 63.1 Å². The van der Waals surface area contributed by atoms with E-state index in [1.807, 2.05) is 29.5 Å². The number of nitrogens with zero attached hydrogens (tertiary/aromatic N) is 3. The average molecular weight is 414 g/mol. The van der Waals surface area contributed by atoms with Crippen molar-refractivity contribution in [2.75, 3.05) is 19.7 Å². The van der Waals surface area contributed by atoms with Crippen molar-refractivity contribution in [3.8, 4) is 11.5 Å². The second-order valence-electron chi connectivity index (χ2n) is 7.12. The highest BCUT2D eigenvalue weighted by molar-refractivity contribution is 5.83. The Morgan fingerprint density at radius 2 is 2.03 bits per heavy atom. The molecule has 1 N–H and O–H groups in total. The molecule has 1 aromatic carbocycles. The van der Waals surface area contributed by atoms with Crippen molar-refractivity contribution in [3.05, 3.63) is 47.3 Å². The molecule has 0 bridgehead atoms. The molecule has 162 valence electrons. The lowest BCUT2D eigenvalue weighted by Crippen LogP contribution is -2.36. The minimum absolute atomic E-state index is 0.0318. The molecule has 3 rings (SSSR count). The van der Waals surface area contributed by atoms with E-state index in [9.17, 15) is 14.7 Å². The van der Waals surface area contributed by atoms with Crippen LogP contribution in [0.25, 0.3) is 5.57 Å². The molecule has 30 heavy (non-hydrogen) atoms. The summed E-state index contributed by atoms with van der Waals surface area (Å²) in [4.78, 5) is 25.0. The first-order valence-corrected chi connectivity index (χ1v) is 10.3. The topological polar surface area (TPSA) is 84.7 Å². The molecular weight excluding hydrogens is 382 g/mol. The molecule has 0 saturated heterocycles. The highest BCUT2D eigenvalue weighted by Gasteiger charge is 2.25. The first-order valence-electron chi connectivity index (χ1n) is 10.3. The maximum Gasteiger partial charge on any atom is 0.219 e. The van der Waals surface area contributed by atoms with Crippen molar-refractivity contribution in [1.29, 1.82) is 0 Å². The fraction of sp³-hybridized carbons (Fsp3) is 0.435. The maximum absolute atomic E-state index is 11.9. The van der Waals surface area contributed by atoms with Gasteiger partial charge >= 0.3 is 0 Å². The predicted molar refractivity (Wildman–Crippen MR) is 117 cm³/mol. The van der Waals surface area contributed by atoms with Gasteiger partial charge in [-0.3, -0.25) is 14.3 Å². The van der Waals surface area contributed by atoms with Crippen LogP contribution in [0.2, 0.25) is 0 Å². The van der Waals surface area contributed by atoms with Gasteiger partial charge in [-0.25, -0.2) is 0 Å². The Balaban J connectivity index is 0.00000155. The zero-order valence-corrected chi connectivity index (χ0v) is 18.4. The number of benzene rings is 1. The molecule has 7 heteroatoms. The SMILES string of the molecule is CC.CC(=O)N1CCC(COc2cccc(O)c2C=O)=C(c2ccnn2C(C)C)C1. The Morgan fingerprint density at radius 1 is 1.30 bits per heavy atom. The molecule has 7 nitrogen and oxygen atoms in total. The molecular formula is C23H31N3O4. The van der Waals surface area contributed by atoms with E-state index in [2.05, 4.69) is 18.9 Å². The largest absolute Gasteiger partial charge is 0.507 e. The third kappa shape index (κ3) is 5.09. The first-order chi connectivity index (χ1) is 14.4. The number of ether oxygens (including phenoxy) is 1. The lowest BCUT2D eigenvalue weighted by atomic mass is 9.97. The van der Waals surface area contributed by atoms with Crippen molar-refractivity contribution < 1.29 is 19.4 Å². The van der Waals surface area contributed by atoms with Crippen molar-refractivity contribution in [1.82, 2.24) is 14.7 Å². The Bertz CT molecular complexity index is 915. The summed E-state index contributed by atoms with van der Waals surface area (Å²) in [6.45, 7) is 11.1. The molecule has 0 saturated carbocycles. The van der Waals surface area contributed by atoms with Gasteiger partial charge in [-0.05, 0) is 49.6 Å². The summed E-state index contributed by atoms with van der Waals surface area (Å²) < 4.78 is 7.83. The number of aromatic hydroxyl groups is 1. The smallest absolute Gasteiger partial charge is 0.219 e. The molecule has 1 aliphatic heterocycles. The van der Waals surface area contributed by atoms with Gasteiger partial charge in [0.1, 0.15) is 18.1 Å². The van der Waals surface area contributed by atoms with Crippen LogP contribution in [0.4, 0.5) is 0 Å². The fourth-order valence-corrected chi connectivity index (χ4v) is 3.40. The summed E-state index contributed by atoms with van der Waals surface area (Å²) in [6, 6.07) is 6.88. The molecule has 2 aromatic rings. The third-order valence-electron chi connectivity index (χ3n) is 4.94. The standard InChI is InChI=1S/C21H25N3O4.C2H6/c1-14(2)24-19(7-9-22-24)17-11-23(15(3)26)10-8-16(17)13-28-21-6-4-5-20(27)18(21)12-25;1-2/h4-7,9,12,14,27H,8,10-11,13H2,1-3H3;1-2H3. The summed E-state index contributed by atoms with van der Waals surface area (Å²) in [5.41, 5.74) is 3.17. The lowest BCUT2D eigenvalue weighted by molar-refractivity contribution is -0.128. The van der Waals surface area contributed by atoms with E-state index in [0.29, 0.717) is 31.5 Å². The zero-order chi connectivity index (χ0) is 22.3. The van der Waals surface area contributed by atoms with Crippen LogP contribution < -0.4 is 4.74 Å². The van der Waals surface area contributed by atoms with E-state index in [1.54, 1.807) is 25.3 Å². The van der Waals surface area contributed by atoms with Crippen molar-refractivity contribution in [2.24, 2.45) is 0 Å². The van der Waals surface area contributed by atoms with Crippen LogP contribution in [-0.2, 0) is 4.79 Å². The number of aromatic nitrogens is 2. The highest BCUT2D eigenvalue weighted by Crippen LogP contribution is 2.30. The number of phenols is 1. The second kappa shape index (κ2) is 10.6. The van der Waals surface area contributed by atoms with Gasteiger partial charge in [0, 0.05) is 32.3 Å². The minimum atomic E-state index is -0.106. The molecule has 0 spiro atoms. The molecule has 1 amide bonds. The zero-order valence-electron chi connectivity index (χ0n) is 18.4. The Morgan fingerprint density at radius 3 is 2.67 bits per heavy atom. The summed E-state index contributed by atoms with van der Waals surface area (Å²) in [5.74, 6) is 0.267. The van der Waals surface area contributed by atoms with E-state index in [1.165, 1.54) is 6.07 Å². The number of carbonyl (C=O) groups is 2. The summed E-state index contributed by atoms with van der Waals surface area (Å²) in [6.07, 6.45) is 3.02. The fourth-order valence-electron chi connectivity index (χ4n) is 3.40. The number of hydrogen-bond donors (Lipinski definition) is 1. The van der Waals surface area contributed by atoms with Gasteiger partial charge in [0.15, 0.2) is 6.29 Å². The summed E-state index contributed by atoms with van der Waals surface area (Å²) >= 11 is 0. The molecule has 0 fully saturated rings. The lowest BCUT2D eigenvalue weighted by Gasteiger charge is -2.31. The highest BCUT2D eigenvalue weighted by atomic mass is 16.5. The van der Waals surface area contributed by atoms with Gasteiger partial charge in [0.05, 0.1) is 11.3 Å². The van der Waals surface area contributed by atoms with Gasteiger partial charge < -0.3 is 14.7 Å². The van der Waals surface area contributed by atoms with Crippen molar-refractivity contribution in [2.45, 2.75) is 47.1 Å². The van der Waals surface area contributed by atoms with E-state index in [0.717, 1.165) is 16.8 Å². The molecule has 0 atom stereocenters. The number of amides is 1. The van der Waals surface area contributed by atoms with Crippen molar-refractivity contribution >= 4 is 17.8 Å². The summed E-state index contributed by atoms with van der Waals surface area (Å²) in [5, 5.41) is 14.3. The number of phenolic OH excluding ortho intramolecular Hbond substituents is 1. The molecule has 0 radical (unpaired) electrons. The van der Waals surface area contributed by atoms with Gasteiger partial charge in [-0.1, -0.05) is 19.9 Å². The van der Waals surface area contributed by atoms with Gasteiger partial charge in [0.2, 0.25) is 5.91 Å². The number of aldehydes is 1. The van der Waals surface area contributed by atoms with Crippen molar-refractivity contribution in [3.63, 3.8) is 0 Å². The van der Waals surface area contributed by atoms with E-state index in [-0.39, 0.29) is 29.9 Å². The third-order valence-corrected chi connectivity index (χ3v) is 4.94. The monoisotopic (exact) mass is 413 g/mol. The first kappa shape index (κ1) is 23.2. The summed E-state index contributed by atoms with van der Waals surface area (Å²) in [7, 11) is 0. The predicted octanol–water partition coefficient (Wildman–Crippen LogP) is 4.09.